The summed E-state index contributed by atoms with van der Waals surface area (Å²) in [6.45, 7) is 2.42. The maximum atomic E-state index is 13.0. The standard InChI is InChI=1S/C22H29N3O3/c1-27-19-8-4-3-7-17(19)18-13-20(26)25(16-24-18)15-22(28-2)11-12-23-14-21(22)9-5-6-10-21/h3-4,7-8,13,16,23H,5-6,9-12,14-15H2,1-2H3/t22-/m1/s1. The van der Waals surface area contributed by atoms with Crippen LogP contribution in [0.2, 0.25) is 0 Å². The maximum absolute atomic E-state index is 13.0. The molecule has 2 heterocycles. The van der Waals surface area contributed by atoms with Crippen LogP contribution in [-0.4, -0.2) is 42.5 Å². The Morgan fingerprint density at radius 2 is 1.96 bits per heavy atom. The number of hydrogen-bond donors (Lipinski definition) is 1. The van der Waals surface area contributed by atoms with E-state index in [9.17, 15) is 4.79 Å². The molecule has 0 amide bonds. The predicted octanol–water partition coefficient (Wildman–Crippen LogP) is 2.86. The third-order valence-corrected chi connectivity index (χ3v) is 6.78. The Morgan fingerprint density at radius 1 is 1.18 bits per heavy atom. The summed E-state index contributed by atoms with van der Waals surface area (Å²) in [6.07, 6.45) is 7.32. The number of aromatic nitrogens is 2. The van der Waals surface area contributed by atoms with Gasteiger partial charge in [-0.1, -0.05) is 25.0 Å². The molecule has 4 rings (SSSR count). The zero-order valence-corrected chi connectivity index (χ0v) is 16.7. The van der Waals surface area contributed by atoms with E-state index in [-0.39, 0.29) is 16.6 Å². The molecule has 0 bridgehead atoms. The van der Waals surface area contributed by atoms with Crippen LogP contribution in [0.4, 0.5) is 0 Å². The topological polar surface area (TPSA) is 65.4 Å². The van der Waals surface area contributed by atoms with Crippen molar-refractivity contribution in [3.63, 3.8) is 0 Å². The van der Waals surface area contributed by atoms with Gasteiger partial charge in [0, 0.05) is 30.7 Å². The van der Waals surface area contributed by atoms with Gasteiger partial charge in [-0.25, -0.2) is 4.98 Å². The monoisotopic (exact) mass is 383 g/mol. The molecule has 1 aromatic heterocycles. The molecular weight excluding hydrogens is 354 g/mol. The van der Waals surface area contributed by atoms with Crippen LogP contribution in [0.1, 0.15) is 32.1 Å². The number of ether oxygens (including phenoxy) is 2. The molecular formula is C22H29N3O3. The van der Waals surface area contributed by atoms with Gasteiger partial charge in [0.2, 0.25) is 0 Å². The summed E-state index contributed by atoms with van der Waals surface area (Å²) in [7, 11) is 3.42. The highest BCUT2D eigenvalue weighted by atomic mass is 16.5. The summed E-state index contributed by atoms with van der Waals surface area (Å²) in [5.41, 5.74) is 1.17. The Balaban J connectivity index is 1.67. The minimum atomic E-state index is -0.327. The lowest BCUT2D eigenvalue weighted by Gasteiger charge is -2.51. The number of nitrogens with zero attached hydrogens (tertiary/aromatic N) is 2. The van der Waals surface area contributed by atoms with Crippen molar-refractivity contribution >= 4 is 0 Å². The van der Waals surface area contributed by atoms with Gasteiger partial charge in [0.25, 0.3) is 5.56 Å². The van der Waals surface area contributed by atoms with Gasteiger partial charge in [0.1, 0.15) is 5.75 Å². The van der Waals surface area contributed by atoms with Crippen LogP contribution in [0.5, 0.6) is 5.75 Å². The molecule has 1 N–H and O–H groups in total. The Bertz CT molecular complexity index is 889. The fourth-order valence-electron chi connectivity index (χ4n) is 5.18. The molecule has 0 radical (unpaired) electrons. The molecule has 6 heteroatoms. The lowest BCUT2D eigenvalue weighted by atomic mass is 9.66. The van der Waals surface area contributed by atoms with Gasteiger partial charge in [0.05, 0.1) is 31.3 Å². The average Bonchev–Trinajstić information content (AvgIpc) is 3.21. The van der Waals surface area contributed by atoms with Crippen molar-refractivity contribution in [2.75, 3.05) is 27.3 Å². The van der Waals surface area contributed by atoms with Crippen molar-refractivity contribution in [3.8, 4) is 17.0 Å². The van der Waals surface area contributed by atoms with Crippen molar-refractivity contribution in [3.05, 3.63) is 47.0 Å². The van der Waals surface area contributed by atoms with Gasteiger partial charge in [-0.3, -0.25) is 9.36 Å². The van der Waals surface area contributed by atoms with E-state index in [4.69, 9.17) is 9.47 Å². The first-order valence-corrected chi connectivity index (χ1v) is 10.1. The summed E-state index contributed by atoms with van der Waals surface area (Å²) in [4.78, 5) is 17.5. The second-order valence-corrected chi connectivity index (χ2v) is 8.05. The number of nitrogens with one attached hydrogen (secondary N) is 1. The first-order chi connectivity index (χ1) is 13.6. The van der Waals surface area contributed by atoms with Crippen LogP contribution < -0.4 is 15.6 Å². The van der Waals surface area contributed by atoms with Gasteiger partial charge in [-0.15, -0.1) is 0 Å². The molecule has 6 nitrogen and oxygen atoms in total. The van der Waals surface area contributed by atoms with Crippen LogP contribution in [0.25, 0.3) is 11.3 Å². The second-order valence-electron chi connectivity index (χ2n) is 8.05. The summed E-state index contributed by atoms with van der Waals surface area (Å²) >= 11 is 0. The van der Waals surface area contributed by atoms with Crippen LogP contribution in [0, 0.1) is 5.41 Å². The van der Waals surface area contributed by atoms with Gasteiger partial charge < -0.3 is 14.8 Å². The van der Waals surface area contributed by atoms with Crippen LogP contribution >= 0.6 is 0 Å². The molecule has 1 aliphatic heterocycles. The number of methoxy groups -OCH3 is 2. The zero-order chi connectivity index (χ0) is 19.6. The summed E-state index contributed by atoms with van der Waals surface area (Å²) in [6, 6.07) is 9.22. The fourth-order valence-corrected chi connectivity index (χ4v) is 5.18. The zero-order valence-electron chi connectivity index (χ0n) is 16.7. The van der Waals surface area contributed by atoms with Crippen molar-refractivity contribution in [2.45, 2.75) is 44.2 Å². The Kier molecular flexibility index (Phi) is 5.25. The molecule has 150 valence electrons. The van der Waals surface area contributed by atoms with Crippen molar-refractivity contribution in [1.29, 1.82) is 0 Å². The molecule has 2 aromatic rings. The Morgan fingerprint density at radius 3 is 2.68 bits per heavy atom. The van der Waals surface area contributed by atoms with E-state index in [2.05, 4.69) is 10.3 Å². The molecule has 0 unspecified atom stereocenters. The molecule has 28 heavy (non-hydrogen) atoms. The first-order valence-electron chi connectivity index (χ1n) is 10.1. The highest BCUT2D eigenvalue weighted by molar-refractivity contribution is 5.66. The van der Waals surface area contributed by atoms with E-state index in [1.165, 1.54) is 12.8 Å². The number of para-hydroxylation sites is 1. The molecule has 1 spiro atoms. The van der Waals surface area contributed by atoms with Crippen LogP contribution in [0.3, 0.4) is 0 Å². The smallest absolute Gasteiger partial charge is 0.253 e. The third kappa shape index (κ3) is 3.14. The number of benzene rings is 1. The van der Waals surface area contributed by atoms with Crippen molar-refractivity contribution < 1.29 is 9.47 Å². The SMILES string of the molecule is COc1ccccc1-c1cc(=O)n(C[C@]2(OC)CCNCC23CCCC3)cn1. The van der Waals surface area contributed by atoms with Crippen molar-refractivity contribution in [2.24, 2.45) is 5.41 Å². The lowest BCUT2D eigenvalue weighted by molar-refractivity contribution is -0.141. The van der Waals surface area contributed by atoms with E-state index in [0.29, 0.717) is 18.0 Å². The predicted molar refractivity (Wildman–Crippen MR) is 109 cm³/mol. The highest BCUT2D eigenvalue weighted by Crippen LogP contribution is 2.51. The Hall–Kier alpha value is -2.18. The minimum absolute atomic E-state index is 0.0565. The van der Waals surface area contributed by atoms with Crippen molar-refractivity contribution in [1.82, 2.24) is 14.9 Å². The molecule has 2 aliphatic rings. The first kappa shape index (κ1) is 19.2. The lowest BCUT2D eigenvalue weighted by Crippen LogP contribution is -2.61. The van der Waals surface area contributed by atoms with Crippen LogP contribution in [0.15, 0.2) is 41.5 Å². The molecule has 2 fully saturated rings. The molecule has 1 aromatic carbocycles. The summed E-state index contributed by atoms with van der Waals surface area (Å²) in [5.74, 6) is 0.712. The second kappa shape index (κ2) is 7.68. The van der Waals surface area contributed by atoms with Crippen LogP contribution in [-0.2, 0) is 11.3 Å². The summed E-state index contributed by atoms with van der Waals surface area (Å²) < 4.78 is 13.3. The minimum Gasteiger partial charge on any atom is -0.496 e. The quantitative estimate of drug-likeness (QED) is 0.860. The van der Waals surface area contributed by atoms with Gasteiger partial charge in [-0.05, 0) is 37.9 Å². The normalized spacial score (nSPS) is 23.8. The molecule has 1 saturated heterocycles. The fraction of sp³-hybridized carbons (Fsp3) is 0.545. The van der Waals surface area contributed by atoms with E-state index in [1.807, 2.05) is 24.3 Å². The molecule has 1 saturated carbocycles. The maximum Gasteiger partial charge on any atom is 0.253 e. The number of hydrogen-bond acceptors (Lipinski definition) is 5. The average molecular weight is 383 g/mol. The number of rotatable bonds is 5. The van der Waals surface area contributed by atoms with E-state index in [1.54, 1.807) is 31.2 Å². The largest absolute Gasteiger partial charge is 0.496 e. The third-order valence-electron chi connectivity index (χ3n) is 6.78. The van der Waals surface area contributed by atoms with E-state index >= 15 is 0 Å². The number of piperidine rings is 1. The van der Waals surface area contributed by atoms with Gasteiger partial charge in [0.15, 0.2) is 0 Å². The molecule has 1 aliphatic carbocycles. The van der Waals surface area contributed by atoms with E-state index < -0.39 is 0 Å². The van der Waals surface area contributed by atoms with E-state index in [0.717, 1.165) is 37.9 Å². The Labute approximate surface area is 165 Å². The summed E-state index contributed by atoms with van der Waals surface area (Å²) in [5, 5.41) is 3.55. The van der Waals surface area contributed by atoms with Gasteiger partial charge >= 0.3 is 0 Å². The van der Waals surface area contributed by atoms with Gasteiger partial charge in [-0.2, -0.15) is 0 Å². The molecule has 1 atom stereocenters. The highest BCUT2D eigenvalue weighted by Gasteiger charge is 2.54.